The quantitative estimate of drug-likeness (QED) is 0.824. The van der Waals surface area contributed by atoms with Gasteiger partial charge in [-0.05, 0) is 18.8 Å². The Balaban J connectivity index is 2.17. The van der Waals surface area contributed by atoms with Gasteiger partial charge in [0.25, 0.3) is 0 Å². The summed E-state index contributed by atoms with van der Waals surface area (Å²) >= 11 is 0. The third-order valence-electron chi connectivity index (χ3n) is 3.31. The smallest absolute Gasteiger partial charge is 0.301 e. The first-order valence-electron chi connectivity index (χ1n) is 6.37. The molecule has 1 aliphatic rings. The van der Waals surface area contributed by atoms with Crippen LogP contribution in [0.25, 0.3) is 0 Å². The summed E-state index contributed by atoms with van der Waals surface area (Å²) in [5, 5.41) is 9.08. The number of halogens is 3. The highest BCUT2D eigenvalue weighted by Crippen LogP contribution is 2.22. The molecule has 1 aromatic rings. The van der Waals surface area contributed by atoms with E-state index in [0.717, 1.165) is 4.31 Å². The van der Waals surface area contributed by atoms with E-state index in [1.165, 1.54) is 0 Å². The van der Waals surface area contributed by atoms with Crippen LogP contribution in [0.5, 0.6) is 0 Å². The first kappa shape index (κ1) is 16.1. The van der Waals surface area contributed by atoms with Crippen LogP contribution in [-0.2, 0) is 10.2 Å². The molecule has 118 valence electrons. The fraction of sp³-hybridized carbons (Fsp3) is 0.500. The molecule has 1 atom stereocenters. The minimum Gasteiger partial charge on any atom is -0.396 e. The number of aliphatic hydroxyl groups excluding tert-OH is 1. The van der Waals surface area contributed by atoms with Gasteiger partial charge in [0, 0.05) is 31.8 Å². The number of hydrogen-bond acceptors (Lipinski definition) is 3. The number of benzene rings is 1. The summed E-state index contributed by atoms with van der Waals surface area (Å²) in [6, 6.07) is 1.15. The van der Waals surface area contributed by atoms with E-state index in [2.05, 4.69) is 0 Å². The minimum atomic E-state index is -4.01. The van der Waals surface area contributed by atoms with Crippen molar-refractivity contribution in [3.8, 4) is 0 Å². The molecule has 9 heteroatoms. The van der Waals surface area contributed by atoms with Crippen LogP contribution < -0.4 is 4.72 Å². The molecule has 1 saturated heterocycles. The summed E-state index contributed by atoms with van der Waals surface area (Å²) < 4.78 is 66.3. The average Bonchev–Trinajstić information content (AvgIpc) is 2.44. The summed E-state index contributed by atoms with van der Waals surface area (Å²) in [6.45, 7) is 0.238. The van der Waals surface area contributed by atoms with E-state index < -0.39 is 33.3 Å². The first-order chi connectivity index (χ1) is 9.83. The molecule has 0 amide bonds. The summed E-state index contributed by atoms with van der Waals surface area (Å²) in [5.41, 5.74) is -0.391. The maximum atomic E-state index is 13.1. The molecule has 0 aromatic heterocycles. The Morgan fingerprint density at radius 2 is 1.90 bits per heavy atom. The molecule has 2 rings (SSSR count). The lowest BCUT2D eigenvalue weighted by Crippen LogP contribution is -2.43. The third kappa shape index (κ3) is 3.66. The zero-order valence-electron chi connectivity index (χ0n) is 11.0. The lowest BCUT2D eigenvalue weighted by atomic mass is 10.0. The SMILES string of the molecule is O=S(=O)(Nc1cc(F)c(F)c(F)c1)N1CCCC(CO)C1. The average molecular weight is 324 g/mol. The molecule has 21 heavy (non-hydrogen) atoms. The second-order valence-electron chi connectivity index (χ2n) is 4.91. The van der Waals surface area contributed by atoms with Crippen LogP contribution in [0.3, 0.4) is 0 Å². The Kier molecular flexibility index (Phi) is 4.74. The normalized spacial score (nSPS) is 20.5. The molecule has 5 nitrogen and oxygen atoms in total. The first-order valence-corrected chi connectivity index (χ1v) is 7.81. The summed E-state index contributed by atoms with van der Waals surface area (Å²) in [4.78, 5) is 0. The Labute approximate surface area is 120 Å². The topological polar surface area (TPSA) is 69.6 Å². The fourth-order valence-corrected chi connectivity index (χ4v) is 3.54. The minimum absolute atomic E-state index is 0.123. The van der Waals surface area contributed by atoms with Gasteiger partial charge in [-0.15, -0.1) is 0 Å². The second-order valence-corrected chi connectivity index (χ2v) is 6.58. The van der Waals surface area contributed by atoms with Gasteiger partial charge in [-0.2, -0.15) is 12.7 Å². The monoisotopic (exact) mass is 324 g/mol. The van der Waals surface area contributed by atoms with Crippen LogP contribution in [0.15, 0.2) is 12.1 Å². The number of rotatable bonds is 4. The number of hydrogen-bond donors (Lipinski definition) is 2. The molecular weight excluding hydrogens is 309 g/mol. The molecule has 0 bridgehead atoms. The lowest BCUT2D eigenvalue weighted by molar-refractivity contribution is 0.166. The molecule has 1 unspecified atom stereocenters. The van der Waals surface area contributed by atoms with Crippen molar-refractivity contribution in [2.45, 2.75) is 12.8 Å². The van der Waals surface area contributed by atoms with E-state index in [-0.39, 0.29) is 25.6 Å². The van der Waals surface area contributed by atoms with Crippen molar-refractivity contribution in [2.75, 3.05) is 24.4 Å². The molecule has 1 heterocycles. The molecule has 1 aliphatic heterocycles. The van der Waals surface area contributed by atoms with Crippen LogP contribution in [0.4, 0.5) is 18.9 Å². The lowest BCUT2D eigenvalue weighted by Gasteiger charge is -2.31. The molecular formula is C12H15F3N2O3S. The van der Waals surface area contributed by atoms with Gasteiger partial charge in [0.2, 0.25) is 0 Å². The fourth-order valence-electron chi connectivity index (χ4n) is 2.22. The highest BCUT2D eigenvalue weighted by molar-refractivity contribution is 7.90. The van der Waals surface area contributed by atoms with Gasteiger partial charge >= 0.3 is 10.2 Å². The number of piperidine rings is 1. The third-order valence-corrected chi connectivity index (χ3v) is 4.82. The Hall–Kier alpha value is -1.32. The van der Waals surface area contributed by atoms with Gasteiger partial charge < -0.3 is 5.11 Å². The van der Waals surface area contributed by atoms with Gasteiger partial charge in [0.15, 0.2) is 17.5 Å². The molecule has 0 radical (unpaired) electrons. The maximum absolute atomic E-state index is 13.1. The van der Waals surface area contributed by atoms with Gasteiger partial charge in [0.05, 0.1) is 5.69 Å². The Morgan fingerprint density at radius 1 is 1.29 bits per heavy atom. The molecule has 1 fully saturated rings. The second kappa shape index (κ2) is 6.20. The van der Waals surface area contributed by atoms with Crippen molar-refractivity contribution in [3.63, 3.8) is 0 Å². The van der Waals surface area contributed by atoms with Crippen molar-refractivity contribution in [1.82, 2.24) is 4.31 Å². The van der Waals surface area contributed by atoms with Crippen LogP contribution in [0.2, 0.25) is 0 Å². The van der Waals surface area contributed by atoms with Gasteiger partial charge in [-0.25, -0.2) is 13.2 Å². The molecule has 2 N–H and O–H groups in total. The highest BCUT2D eigenvalue weighted by Gasteiger charge is 2.29. The van der Waals surface area contributed by atoms with E-state index in [1.807, 2.05) is 4.72 Å². The number of nitrogens with one attached hydrogen (secondary N) is 1. The molecule has 0 saturated carbocycles. The van der Waals surface area contributed by atoms with Crippen molar-refractivity contribution < 1.29 is 26.7 Å². The molecule has 1 aromatic carbocycles. The Morgan fingerprint density at radius 3 is 2.48 bits per heavy atom. The zero-order valence-corrected chi connectivity index (χ0v) is 11.8. The van der Waals surface area contributed by atoms with E-state index in [1.54, 1.807) is 0 Å². The number of aliphatic hydroxyl groups is 1. The molecule has 0 spiro atoms. The summed E-state index contributed by atoms with van der Waals surface area (Å²) in [6.07, 6.45) is 1.29. The zero-order chi connectivity index (χ0) is 15.6. The van der Waals surface area contributed by atoms with Gasteiger partial charge in [0.1, 0.15) is 0 Å². The van der Waals surface area contributed by atoms with Crippen molar-refractivity contribution in [1.29, 1.82) is 0 Å². The van der Waals surface area contributed by atoms with Gasteiger partial charge in [-0.3, -0.25) is 4.72 Å². The van der Waals surface area contributed by atoms with E-state index in [4.69, 9.17) is 5.11 Å². The largest absolute Gasteiger partial charge is 0.396 e. The molecule has 0 aliphatic carbocycles. The van der Waals surface area contributed by atoms with Crippen LogP contribution in [-0.4, -0.2) is 37.5 Å². The van der Waals surface area contributed by atoms with Gasteiger partial charge in [-0.1, -0.05) is 0 Å². The van der Waals surface area contributed by atoms with Crippen LogP contribution >= 0.6 is 0 Å². The predicted octanol–water partition coefficient (Wildman–Crippen LogP) is 1.46. The van der Waals surface area contributed by atoms with E-state index in [0.29, 0.717) is 25.0 Å². The van der Waals surface area contributed by atoms with Crippen LogP contribution in [0.1, 0.15) is 12.8 Å². The van der Waals surface area contributed by atoms with Crippen molar-refractivity contribution in [2.24, 2.45) is 5.92 Å². The standard InChI is InChI=1S/C12H15F3N2O3S/c13-10-4-9(5-11(14)12(10)15)16-21(19,20)17-3-1-2-8(6-17)7-18/h4-5,8,16,18H,1-3,6-7H2. The number of anilines is 1. The van der Waals surface area contributed by atoms with Crippen molar-refractivity contribution in [3.05, 3.63) is 29.6 Å². The van der Waals surface area contributed by atoms with Crippen LogP contribution in [0, 0.1) is 23.4 Å². The van der Waals surface area contributed by atoms with E-state index >= 15 is 0 Å². The highest BCUT2D eigenvalue weighted by atomic mass is 32.2. The van der Waals surface area contributed by atoms with E-state index in [9.17, 15) is 21.6 Å². The number of nitrogens with zero attached hydrogens (tertiary/aromatic N) is 1. The summed E-state index contributed by atoms with van der Waals surface area (Å²) in [5.74, 6) is -4.77. The Bertz CT molecular complexity index is 601. The predicted molar refractivity (Wildman–Crippen MR) is 70.2 cm³/mol. The maximum Gasteiger partial charge on any atom is 0.301 e. The summed E-state index contributed by atoms with van der Waals surface area (Å²) in [7, 11) is -4.01. The van der Waals surface area contributed by atoms with Crippen molar-refractivity contribution >= 4 is 15.9 Å².